The van der Waals surface area contributed by atoms with Crippen molar-refractivity contribution in [2.75, 3.05) is 7.05 Å². The summed E-state index contributed by atoms with van der Waals surface area (Å²) < 4.78 is 2.05. The van der Waals surface area contributed by atoms with E-state index in [1.807, 2.05) is 54.8 Å². The summed E-state index contributed by atoms with van der Waals surface area (Å²) in [6.45, 7) is 4.48. The molecule has 1 atom stereocenters. The summed E-state index contributed by atoms with van der Waals surface area (Å²) in [5, 5.41) is 10.2. The number of aromatic nitrogens is 2. The second kappa shape index (κ2) is 6.75. The van der Waals surface area contributed by atoms with Crippen LogP contribution in [0.2, 0.25) is 0 Å². The number of hydrogen-bond donors (Lipinski definition) is 1. The molecule has 6 heteroatoms. The number of benzene rings is 1. The van der Waals surface area contributed by atoms with Crippen LogP contribution in [0.3, 0.4) is 0 Å². The molecule has 2 aromatic heterocycles. The van der Waals surface area contributed by atoms with Crippen LogP contribution in [0.15, 0.2) is 36.5 Å². The van der Waals surface area contributed by atoms with Crippen LogP contribution in [0.5, 0.6) is 0 Å². The molecule has 0 aliphatic heterocycles. The Balaban J connectivity index is 1.70. The summed E-state index contributed by atoms with van der Waals surface area (Å²) in [7, 11) is 1.76. The highest BCUT2D eigenvalue weighted by Crippen LogP contribution is 2.22. The topological polar surface area (TPSA) is 57.8 Å². The van der Waals surface area contributed by atoms with Gasteiger partial charge >= 0.3 is 0 Å². The third kappa shape index (κ3) is 3.34. The summed E-state index contributed by atoms with van der Waals surface area (Å²) >= 11 is 1.64. The Morgan fingerprint density at radius 1 is 1.33 bits per heavy atom. The molecule has 0 aliphatic rings. The minimum absolute atomic E-state index is 0.0736. The lowest BCUT2D eigenvalue weighted by molar-refractivity contribution is -0.132. The minimum atomic E-state index is -0.781. The molecule has 0 saturated carbocycles. The van der Waals surface area contributed by atoms with Gasteiger partial charge in [-0.25, -0.2) is 4.98 Å². The van der Waals surface area contributed by atoms with Gasteiger partial charge in [0.1, 0.15) is 0 Å². The Morgan fingerprint density at radius 2 is 2.04 bits per heavy atom. The summed E-state index contributed by atoms with van der Waals surface area (Å²) in [5.74, 6) is -0.0901. The second-order valence-electron chi connectivity index (χ2n) is 6.02. The molecular weight excluding hydrogens is 322 g/mol. The fraction of sp³-hybridized carbons (Fsp3) is 0.333. The molecule has 0 bridgehead atoms. The van der Waals surface area contributed by atoms with Gasteiger partial charge in [0.25, 0.3) is 0 Å². The summed E-state index contributed by atoms with van der Waals surface area (Å²) in [5.41, 5.74) is 2.71. The van der Waals surface area contributed by atoms with E-state index in [2.05, 4.69) is 4.98 Å². The van der Waals surface area contributed by atoms with Gasteiger partial charge in [-0.3, -0.25) is 9.20 Å². The van der Waals surface area contributed by atoms with Crippen molar-refractivity contribution in [2.24, 2.45) is 0 Å². The fourth-order valence-corrected chi connectivity index (χ4v) is 3.62. The van der Waals surface area contributed by atoms with E-state index in [1.165, 1.54) is 4.88 Å². The van der Waals surface area contributed by atoms with Crippen LogP contribution < -0.4 is 0 Å². The van der Waals surface area contributed by atoms with Crippen LogP contribution in [0.1, 0.15) is 34.4 Å². The number of thiazole rings is 1. The molecular formula is C18H21N3O2S. The van der Waals surface area contributed by atoms with Gasteiger partial charge < -0.3 is 10.0 Å². The van der Waals surface area contributed by atoms with Gasteiger partial charge in [-0.2, -0.15) is 0 Å². The number of fused-ring (bicyclic) bond motifs is 1. The molecule has 1 amide bonds. The largest absolute Gasteiger partial charge is 0.388 e. The van der Waals surface area contributed by atoms with E-state index < -0.39 is 6.10 Å². The van der Waals surface area contributed by atoms with Crippen molar-refractivity contribution in [2.45, 2.75) is 32.9 Å². The van der Waals surface area contributed by atoms with E-state index in [0.29, 0.717) is 6.54 Å². The van der Waals surface area contributed by atoms with Gasteiger partial charge in [0.15, 0.2) is 4.96 Å². The average Bonchev–Trinajstić information content (AvgIpc) is 3.04. The first-order chi connectivity index (χ1) is 11.5. The van der Waals surface area contributed by atoms with Crippen LogP contribution in [0.4, 0.5) is 0 Å². The Labute approximate surface area is 145 Å². The molecule has 0 spiro atoms. The van der Waals surface area contributed by atoms with E-state index in [0.717, 1.165) is 21.9 Å². The first-order valence-corrected chi connectivity index (χ1v) is 8.68. The Hall–Kier alpha value is -2.18. The number of aliphatic hydroxyl groups is 1. The molecule has 0 saturated heterocycles. The zero-order chi connectivity index (χ0) is 17.3. The SMILES string of the molecule is Cc1cn2c(CN(C)C(=O)CC(O)c3ccccc3)c(C)nc2s1. The molecule has 24 heavy (non-hydrogen) atoms. The average molecular weight is 343 g/mol. The van der Waals surface area contributed by atoms with Crippen LogP contribution in [-0.4, -0.2) is 32.3 Å². The predicted octanol–water partition coefficient (Wildman–Crippen LogP) is 3.09. The molecule has 1 N–H and O–H groups in total. The number of nitrogens with zero attached hydrogens (tertiary/aromatic N) is 3. The first-order valence-electron chi connectivity index (χ1n) is 7.86. The number of aliphatic hydroxyl groups excluding tert-OH is 1. The molecule has 3 rings (SSSR count). The number of imidazole rings is 1. The Morgan fingerprint density at radius 3 is 2.75 bits per heavy atom. The highest BCUT2D eigenvalue weighted by molar-refractivity contribution is 7.17. The number of hydrogen-bond acceptors (Lipinski definition) is 4. The van der Waals surface area contributed by atoms with Crippen LogP contribution in [-0.2, 0) is 11.3 Å². The second-order valence-corrected chi connectivity index (χ2v) is 7.23. The third-order valence-electron chi connectivity index (χ3n) is 4.11. The van der Waals surface area contributed by atoms with Gasteiger partial charge in [0, 0.05) is 18.1 Å². The zero-order valence-electron chi connectivity index (χ0n) is 14.1. The maximum atomic E-state index is 12.4. The molecule has 126 valence electrons. The van der Waals surface area contributed by atoms with Gasteiger partial charge in [-0.1, -0.05) is 30.3 Å². The van der Waals surface area contributed by atoms with E-state index >= 15 is 0 Å². The summed E-state index contributed by atoms with van der Waals surface area (Å²) in [4.78, 5) is 20.8. The maximum absolute atomic E-state index is 12.4. The molecule has 0 radical (unpaired) electrons. The van der Waals surface area contributed by atoms with Crippen molar-refractivity contribution in [3.8, 4) is 0 Å². The van der Waals surface area contributed by atoms with Crippen molar-refractivity contribution >= 4 is 22.2 Å². The summed E-state index contributed by atoms with van der Waals surface area (Å²) in [6.07, 6.45) is 1.34. The summed E-state index contributed by atoms with van der Waals surface area (Å²) in [6, 6.07) is 9.27. The number of rotatable bonds is 5. The van der Waals surface area contributed by atoms with E-state index in [9.17, 15) is 9.90 Å². The Bertz CT molecular complexity index is 854. The molecule has 2 heterocycles. The Kier molecular flexibility index (Phi) is 4.69. The quantitative estimate of drug-likeness (QED) is 0.774. The van der Waals surface area contributed by atoms with Crippen LogP contribution in [0, 0.1) is 13.8 Å². The first kappa shape index (κ1) is 16.7. The van der Waals surface area contributed by atoms with Gasteiger partial charge in [-0.15, -0.1) is 11.3 Å². The fourth-order valence-electron chi connectivity index (χ4n) is 2.73. The molecule has 0 fully saturated rings. The number of aryl methyl sites for hydroxylation is 2. The lowest BCUT2D eigenvalue weighted by Gasteiger charge is -2.19. The van der Waals surface area contributed by atoms with Gasteiger partial charge in [0.05, 0.1) is 30.5 Å². The molecule has 3 aromatic rings. The van der Waals surface area contributed by atoms with E-state index in [-0.39, 0.29) is 12.3 Å². The van der Waals surface area contributed by atoms with Crippen molar-refractivity contribution in [3.63, 3.8) is 0 Å². The van der Waals surface area contributed by atoms with Crippen molar-refractivity contribution in [1.29, 1.82) is 0 Å². The lowest BCUT2D eigenvalue weighted by atomic mass is 10.1. The highest BCUT2D eigenvalue weighted by atomic mass is 32.1. The number of carbonyl (C=O) groups is 1. The maximum Gasteiger partial charge on any atom is 0.225 e. The minimum Gasteiger partial charge on any atom is -0.388 e. The van der Waals surface area contributed by atoms with E-state index in [4.69, 9.17) is 0 Å². The van der Waals surface area contributed by atoms with Crippen molar-refractivity contribution in [1.82, 2.24) is 14.3 Å². The van der Waals surface area contributed by atoms with Gasteiger partial charge in [0.2, 0.25) is 5.91 Å². The van der Waals surface area contributed by atoms with Crippen LogP contribution in [0.25, 0.3) is 4.96 Å². The van der Waals surface area contributed by atoms with Gasteiger partial charge in [-0.05, 0) is 19.4 Å². The van der Waals surface area contributed by atoms with Crippen molar-refractivity contribution in [3.05, 3.63) is 58.4 Å². The smallest absolute Gasteiger partial charge is 0.225 e. The molecule has 5 nitrogen and oxygen atoms in total. The molecule has 1 aromatic carbocycles. The highest BCUT2D eigenvalue weighted by Gasteiger charge is 2.19. The van der Waals surface area contributed by atoms with Crippen LogP contribution >= 0.6 is 11.3 Å². The molecule has 1 unspecified atom stereocenters. The number of carbonyl (C=O) groups excluding carboxylic acids is 1. The predicted molar refractivity (Wildman–Crippen MR) is 95.0 cm³/mol. The third-order valence-corrected chi connectivity index (χ3v) is 5.00. The lowest BCUT2D eigenvalue weighted by Crippen LogP contribution is -2.28. The monoisotopic (exact) mass is 343 g/mol. The number of amides is 1. The van der Waals surface area contributed by atoms with E-state index in [1.54, 1.807) is 23.3 Å². The molecule has 0 aliphatic carbocycles. The zero-order valence-corrected chi connectivity index (χ0v) is 14.9. The standard InChI is InChI=1S/C18H21N3O2S/c1-12-10-21-15(13(2)19-18(21)24-12)11-20(3)17(23)9-16(22)14-7-5-4-6-8-14/h4-8,10,16,22H,9,11H2,1-3H3. The van der Waals surface area contributed by atoms with Crippen molar-refractivity contribution < 1.29 is 9.90 Å². The normalized spacial score (nSPS) is 12.5.